The van der Waals surface area contributed by atoms with Crippen LogP contribution in [0.15, 0.2) is 42.5 Å². The Bertz CT molecular complexity index is 494. The minimum atomic E-state index is 0.615. The second-order valence-electron chi connectivity index (χ2n) is 4.43. The van der Waals surface area contributed by atoms with E-state index in [0.717, 1.165) is 6.04 Å². The summed E-state index contributed by atoms with van der Waals surface area (Å²) in [6, 6.07) is 15.9. The van der Waals surface area contributed by atoms with E-state index in [1.807, 2.05) is 0 Å². The zero-order valence-electron chi connectivity index (χ0n) is 11.4. The van der Waals surface area contributed by atoms with E-state index in [9.17, 15) is 0 Å². The second-order valence-corrected chi connectivity index (χ2v) is 5.51. The van der Waals surface area contributed by atoms with Gasteiger partial charge in [-0.1, -0.05) is 55.8 Å². The van der Waals surface area contributed by atoms with Gasteiger partial charge in [-0.3, -0.25) is 0 Å². The van der Waals surface area contributed by atoms with Crippen molar-refractivity contribution in [1.82, 2.24) is 0 Å². The maximum absolute atomic E-state index is 5.69. The molecule has 19 heavy (non-hydrogen) atoms. The van der Waals surface area contributed by atoms with Crippen LogP contribution in [0.3, 0.4) is 0 Å². The summed E-state index contributed by atoms with van der Waals surface area (Å²) in [5.74, 6) is 0. The molecular weight excluding hydrogens is 252 g/mol. The molecule has 0 fully saturated rings. The molecule has 2 aromatic rings. The third-order valence-electron chi connectivity index (χ3n) is 2.92. The number of ether oxygens (including phenoxy) is 1. The van der Waals surface area contributed by atoms with Crippen molar-refractivity contribution in [2.75, 3.05) is 13.2 Å². The molecule has 0 atom stereocenters. The number of benzene rings is 2. The van der Waals surface area contributed by atoms with Gasteiger partial charge in [-0.2, -0.15) is 0 Å². The fraction of sp³-hybridized carbons (Fsp3) is 0.375. The predicted molar refractivity (Wildman–Crippen MR) is 80.4 cm³/mol. The Morgan fingerprint density at radius 3 is 2.74 bits per heavy atom. The number of hydrogen-bond donors (Lipinski definition) is 0. The van der Waals surface area contributed by atoms with Crippen molar-refractivity contribution in [2.45, 2.75) is 26.0 Å². The first-order valence-electron chi connectivity index (χ1n) is 6.81. The van der Waals surface area contributed by atoms with Crippen LogP contribution < -0.4 is 0 Å². The summed E-state index contributed by atoms with van der Waals surface area (Å²) in [7, 11) is 0.615. The topological polar surface area (TPSA) is 18.5 Å². The molecule has 100 valence electrons. The summed E-state index contributed by atoms with van der Waals surface area (Å²) in [4.78, 5) is 0. The first-order chi connectivity index (χ1) is 9.42. The summed E-state index contributed by atoms with van der Waals surface area (Å²) >= 11 is 0. The van der Waals surface area contributed by atoms with Gasteiger partial charge in [0.1, 0.15) is 0 Å². The van der Waals surface area contributed by atoms with Gasteiger partial charge in [0.25, 0.3) is 0 Å². The van der Waals surface area contributed by atoms with Crippen LogP contribution >= 0.6 is 0 Å². The van der Waals surface area contributed by atoms with E-state index in [1.54, 1.807) is 0 Å². The molecule has 0 aliphatic carbocycles. The normalized spacial score (nSPS) is 11.0. The average Bonchev–Trinajstić information content (AvgIpc) is 2.46. The molecule has 0 saturated heterocycles. The van der Waals surface area contributed by atoms with Crippen LogP contribution in [0.25, 0.3) is 10.8 Å². The van der Waals surface area contributed by atoms with Gasteiger partial charge in [0.05, 0.1) is 19.8 Å². The lowest BCUT2D eigenvalue weighted by atomic mass is 10.1. The highest BCUT2D eigenvalue weighted by Gasteiger charge is 2.00. The Morgan fingerprint density at radius 1 is 1.00 bits per heavy atom. The maximum Gasteiger partial charge on any atom is 0.229 e. The van der Waals surface area contributed by atoms with E-state index < -0.39 is 0 Å². The lowest BCUT2D eigenvalue weighted by Gasteiger charge is -2.08. The first kappa shape index (κ1) is 14.3. The Kier molecular flexibility index (Phi) is 6.07. The highest BCUT2D eigenvalue weighted by atomic mass is 28.2. The SMILES string of the molecule is CCC[Si]OCCOCc1cccc2ccccc12. The van der Waals surface area contributed by atoms with E-state index >= 15 is 0 Å². The van der Waals surface area contributed by atoms with Gasteiger partial charge in [0.15, 0.2) is 0 Å². The molecule has 3 heteroatoms. The van der Waals surface area contributed by atoms with E-state index in [2.05, 4.69) is 49.4 Å². The van der Waals surface area contributed by atoms with Gasteiger partial charge in [0.2, 0.25) is 9.76 Å². The monoisotopic (exact) mass is 272 g/mol. The summed E-state index contributed by atoms with van der Waals surface area (Å²) in [6.07, 6.45) is 1.19. The number of hydrogen-bond acceptors (Lipinski definition) is 2. The number of fused-ring (bicyclic) bond motifs is 1. The molecule has 0 saturated carbocycles. The predicted octanol–water partition coefficient (Wildman–Crippen LogP) is 3.82. The number of rotatable bonds is 8. The molecule has 0 unspecified atom stereocenters. The van der Waals surface area contributed by atoms with Gasteiger partial charge in [-0.15, -0.1) is 0 Å². The lowest BCUT2D eigenvalue weighted by Crippen LogP contribution is -2.07. The molecular formula is C16H20O2Si. The first-order valence-corrected chi connectivity index (χ1v) is 7.92. The Balaban J connectivity index is 1.78. The van der Waals surface area contributed by atoms with Crippen LogP contribution in [0.5, 0.6) is 0 Å². The molecule has 2 radical (unpaired) electrons. The van der Waals surface area contributed by atoms with Crippen molar-refractivity contribution in [2.24, 2.45) is 0 Å². The Hall–Kier alpha value is -1.16. The van der Waals surface area contributed by atoms with Crippen molar-refractivity contribution in [3.05, 3.63) is 48.0 Å². The van der Waals surface area contributed by atoms with E-state index in [4.69, 9.17) is 9.16 Å². The summed E-state index contributed by atoms with van der Waals surface area (Å²) in [5.41, 5.74) is 1.24. The van der Waals surface area contributed by atoms with Crippen molar-refractivity contribution in [3.8, 4) is 0 Å². The summed E-state index contributed by atoms with van der Waals surface area (Å²) < 4.78 is 11.2. The zero-order chi connectivity index (χ0) is 13.3. The zero-order valence-corrected chi connectivity index (χ0v) is 12.4. The van der Waals surface area contributed by atoms with Crippen molar-refractivity contribution in [3.63, 3.8) is 0 Å². The molecule has 0 aliphatic heterocycles. The van der Waals surface area contributed by atoms with Gasteiger partial charge in [-0.25, -0.2) is 0 Å². The molecule has 0 aliphatic rings. The second kappa shape index (κ2) is 8.10. The minimum Gasteiger partial charge on any atom is -0.415 e. The molecule has 0 amide bonds. The van der Waals surface area contributed by atoms with E-state index in [1.165, 1.54) is 22.8 Å². The van der Waals surface area contributed by atoms with Crippen LogP contribution in [-0.2, 0) is 15.8 Å². The highest BCUT2D eigenvalue weighted by Crippen LogP contribution is 2.18. The van der Waals surface area contributed by atoms with E-state index in [0.29, 0.717) is 29.6 Å². The van der Waals surface area contributed by atoms with Gasteiger partial charge in [-0.05, 0) is 22.4 Å². The lowest BCUT2D eigenvalue weighted by molar-refractivity contribution is 0.0908. The van der Waals surface area contributed by atoms with Crippen molar-refractivity contribution in [1.29, 1.82) is 0 Å². The summed E-state index contributed by atoms with van der Waals surface area (Å²) in [6.45, 7) is 4.19. The van der Waals surface area contributed by atoms with Gasteiger partial charge >= 0.3 is 0 Å². The van der Waals surface area contributed by atoms with Crippen molar-refractivity contribution >= 4 is 20.5 Å². The molecule has 0 N–H and O–H groups in total. The fourth-order valence-electron chi connectivity index (χ4n) is 1.95. The van der Waals surface area contributed by atoms with Crippen molar-refractivity contribution < 1.29 is 9.16 Å². The molecule has 0 aromatic heterocycles. The third-order valence-corrected chi connectivity index (χ3v) is 4.03. The van der Waals surface area contributed by atoms with Crippen LogP contribution in [-0.4, -0.2) is 23.0 Å². The highest BCUT2D eigenvalue weighted by molar-refractivity contribution is 6.26. The molecule has 0 spiro atoms. The van der Waals surface area contributed by atoms with Crippen LogP contribution in [0.2, 0.25) is 6.04 Å². The minimum absolute atomic E-state index is 0.615. The average molecular weight is 272 g/mol. The Morgan fingerprint density at radius 2 is 1.84 bits per heavy atom. The van der Waals surface area contributed by atoms with Crippen LogP contribution in [0, 0.1) is 0 Å². The van der Waals surface area contributed by atoms with Gasteiger partial charge in [0, 0.05) is 0 Å². The third kappa shape index (κ3) is 4.46. The molecule has 2 nitrogen and oxygen atoms in total. The quantitative estimate of drug-likeness (QED) is 0.537. The summed E-state index contributed by atoms with van der Waals surface area (Å²) in [5, 5.41) is 2.54. The van der Waals surface area contributed by atoms with Crippen LogP contribution in [0.4, 0.5) is 0 Å². The Labute approximate surface area is 117 Å². The molecule has 2 rings (SSSR count). The molecule has 0 bridgehead atoms. The van der Waals surface area contributed by atoms with Crippen LogP contribution in [0.1, 0.15) is 18.9 Å². The molecule has 0 heterocycles. The van der Waals surface area contributed by atoms with Gasteiger partial charge < -0.3 is 9.16 Å². The van der Waals surface area contributed by atoms with E-state index in [-0.39, 0.29) is 0 Å². The largest absolute Gasteiger partial charge is 0.415 e. The fourth-order valence-corrected chi connectivity index (χ4v) is 2.52. The smallest absolute Gasteiger partial charge is 0.229 e. The standard InChI is InChI=1S/C16H20O2Si/c1-2-12-19-18-11-10-17-13-15-8-5-7-14-6-3-4-9-16(14)15/h3-9H,2,10-13H2,1H3. The molecule has 2 aromatic carbocycles. The maximum atomic E-state index is 5.69.